The molecule has 0 spiro atoms. The number of hydrogen-bond acceptors (Lipinski definition) is 5. The van der Waals surface area contributed by atoms with Crippen molar-refractivity contribution in [3.63, 3.8) is 0 Å². The van der Waals surface area contributed by atoms with E-state index in [2.05, 4.69) is 21.2 Å². The van der Waals surface area contributed by atoms with E-state index in [1.807, 2.05) is 31.2 Å². The molecule has 0 heterocycles. The maximum absolute atomic E-state index is 14.1. The Hall–Kier alpha value is -3.08. The van der Waals surface area contributed by atoms with Gasteiger partial charge in [0.15, 0.2) is 0 Å². The standard InChI is InChI=1S/C32H37BrClN3O5S/c1-3-42-29-16-14-28(15-17-29)37(43(40,41)30-18-12-26(34)13-19-30)22-31(38)36(21-24-8-7-9-25(33)20-24)23(2)32(39)35-27-10-5-4-6-11-27/h7-9,12-20,23,27H,3-6,10-11,21-22H2,1-2H3,(H,35,39)/t23-/m0/s1. The quantitative estimate of drug-likeness (QED) is 0.232. The third kappa shape index (κ3) is 8.74. The summed E-state index contributed by atoms with van der Waals surface area (Å²) in [5, 5.41) is 3.50. The molecule has 11 heteroatoms. The van der Waals surface area contributed by atoms with Gasteiger partial charge >= 0.3 is 0 Å². The Bertz CT molecular complexity index is 1500. The number of carbonyl (C=O) groups is 2. The molecule has 4 rings (SSSR count). The molecule has 8 nitrogen and oxygen atoms in total. The van der Waals surface area contributed by atoms with E-state index in [-0.39, 0.29) is 29.1 Å². The van der Waals surface area contributed by atoms with Crippen molar-refractivity contribution >= 4 is 55.1 Å². The molecule has 1 N–H and O–H groups in total. The van der Waals surface area contributed by atoms with E-state index in [1.54, 1.807) is 31.2 Å². The maximum Gasteiger partial charge on any atom is 0.264 e. The second-order valence-electron chi connectivity index (χ2n) is 10.6. The van der Waals surface area contributed by atoms with Crippen molar-refractivity contribution in [1.82, 2.24) is 10.2 Å². The fourth-order valence-corrected chi connectivity index (χ4v) is 7.11. The van der Waals surface area contributed by atoms with Crippen LogP contribution in [-0.4, -0.2) is 50.4 Å². The molecule has 1 saturated carbocycles. The van der Waals surface area contributed by atoms with Crippen LogP contribution in [0.15, 0.2) is 82.2 Å². The highest BCUT2D eigenvalue weighted by atomic mass is 79.9. The van der Waals surface area contributed by atoms with E-state index in [9.17, 15) is 18.0 Å². The Kier molecular flexibility index (Phi) is 11.5. The van der Waals surface area contributed by atoms with Crippen molar-refractivity contribution in [3.05, 3.63) is 87.9 Å². The van der Waals surface area contributed by atoms with E-state index in [4.69, 9.17) is 16.3 Å². The van der Waals surface area contributed by atoms with Gasteiger partial charge in [-0.3, -0.25) is 13.9 Å². The van der Waals surface area contributed by atoms with Gasteiger partial charge in [-0.2, -0.15) is 0 Å². The van der Waals surface area contributed by atoms with Crippen LogP contribution in [-0.2, 0) is 26.2 Å². The normalized spacial score (nSPS) is 14.5. The molecule has 3 aromatic rings. The summed E-state index contributed by atoms with van der Waals surface area (Å²) in [6.07, 6.45) is 5.07. The first-order valence-electron chi connectivity index (χ1n) is 14.4. The van der Waals surface area contributed by atoms with E-state index in [1.165, 1.54) is 29.2 Å². The molecule has 0 saturated heterocycles. The van der Waals surface area contributed by atoms with Crippen LogP contribution < -0.4 is 14.4 Å². The first-order chi connectivity index (χ1) is 20.6. The van der Waals surface area contributed by atoms with Crippen LogP contribution in [0.5, 0.6) is 5.75 Å². The molecule has 43 heavy (non-hydrogen) atoms. The predicted molar refractivity (Wildman–Crippen MR) is 173 cm³/mol. The Morgan fingerprint density at radius 2 is 1.70 bits per heavy atom. The van der Waals surface area contributed by atoms with Gasteiger partial charge in [0.25, 0.3) is 10.0 Å². The average Bonchev–Trinajstić information content (AvgIpc) is 2.99. The lowest BCUT2D eigenvalue weighted by molar-refractivity contribution is -0.139. The number of anilines is 1. The first-order valence-corrected chi connectivity index (χ1v) is 17.0. The molecule has 1 atom stereocenters. The number of hydrogen-bond donors (Lipinski definition) is 1. The van der Waals surface area contributed by atoms with Crippen LogP contribution in [0.25, 0.3) is 0 Å². The van der Waals surface area contributed by atoms with Crippen molar-refractivity contribution in [3.8, 4) is 5.75 Å². The summed E-state index contributed by atoms with van der Waals surface area (Å²) in [4.78, 5) is 29.0. The van der Waals surface area contributed by atoms with Gasteiger partial charge in [-0.15, -0.1) is 0 Å². The Morgan fingerprint density at radius 1 is 1.02 bits per heavy atom. The molecule has 0 bridgehead atoms. The van der Waals surface area contributed by atoms with E-state index >= 15 is 0 Å². The minimum Gasteiger partial charge on any atom is -0.494 e. The molecule has 1 aliphatic rings. The second kappa shape index (κ2) is 15.1. The van der Waals surface area contributed by atoms with Crippen LogP contribution in [0, 0.1) is 0 Å². The minimum absolute atomic E-state index is 0.0137. The van der Waals surface area contributed by atoms with Crippen molar-refractivity contribution in [2.24, 2.45) is 0 Å². The van der Waals surface area contributed by atoms with Crippen molar-refractivity contribution in [2.75, 3.05) is 17.5 Å². The number of ether oxygens (including phenoxy) is 1. The highest BCUT2D eigenvalue weighted by Crippen LogP contribution is 2.28. The molecule has 0 aromatic heterocycles. The summed E-state index contributed by atoms with van der Waals surface area (Å²) in [7, 11) is -4.19. The zero-order chi connectivity index (χ0) is 31.0. The van der Waals surface area contributed by atoms with E-state index < -0.39 is 28.5 Å². The first kappa shape index (κ1) is 32.8. The highest BCUT2D eigenvalue weighted by Gasteiger charge is 2.33. The van der Waals surface area contributed by atoms with Gasteiger partial charge in [0.2, 0.25) is 11.8 Å². The summed E-state index contributed by atoms with van der Waals surface area (Å²) >= 11 is 9.51. The minimum atomic E-state index is -4.19. The lowest BCUT2D eigenvalue weighted by Crippen LogP contribution is -2.53. The molecular weight excluding hydrogens is 654 g/mol. The molecule has 0 unspecified atom stereocenters. The fraction of sp³-hybridized carbons (Fsp3) is 0.375. The van der Waals surface area contributed by atoms with Crippen LogP contribution in [0.4, 0.5) is 5.69 Å². The van der Waals surface area contributed by atoms with Gasteiger partial charge in [0.05, 0.1) is 17.2 Å². The van der Waals surface area contributed by atoms with Crippen molar-refractivity contribution in [2.45, 2.75) is 69.5 Å². The van der Waals surface area contributed by atoms with Crippen LogP contribution in [0.1, 0.15) is 51.5 Å². The number of benzene rings is 3. The average molecular weight is 691 g/mol. The fourth-order valence-electron chi connectivity index (χ4n) is 5.12. The zero-order valence-electron chi connectivity index (χ0n) is 24.3. The number of amides is 2. The number of sulfonamides is 1. The number of halogens is 2. The summed E-state index contributed by atoms with van der Waals surface area (Å²) in [5.41, 5.74) is 1.08. The Morgan fingerprint density at radius 3 is 2.33 bits per heavy atom. The van der Waals surface area contributed by atoms with Crippen LogP contribution >= 0.6 is 27.5 Å². The molecule has 1 fully saturated rings. The number of nitrogens with zero attached hydrogens (tertiary/aromatic N) is 2. The number of rotatable bonds is 12. The molecule has 0 radical (unpaired) electrons. The highest BCUT2D eigenvalue weighted by molar-refractivity contribution is 9.10. The monoisotopic (exact) mass is 689 g/mol. The molecule has 230 valence electrons. The number of carbonyl (C=O) groups excluding carboxylic acids is 2. The third-order valence-corrected chi connectivity index (χ3v) is 10.0. The molecule has 1 aliphatic carbocycles. The summed E-state index contributed by atoms with van der Waals surface area (Å²) < 4.78 is 35.4. The predicted octanol–water partition coefficient (Wildman–Crippen LogP) is 6.56. The summed E-state index contributed by atoms with van der Waals surface area (Å²) in [6.45, 7) is 3.60. The van der Waals surface area contributed by atoms with E-state index in [0.29, 0.717) is 17.4 Å². The smallest absolute Gasteiger partial charge is 0.264 e. The maximum atomic E-state index is 14.1. The van der Waals surface area contributed by atoms with Gasteiger partial charge in [0.1, 0.15) is 18.3 Å². The molecular formula is C32H37BrClN3O5S. The lowest BCUT2D eigenvalue weighted by atomic mass is 9.95. The van der Waals surface area contributed by atoms with Crippen molar-refractivity contribution in [1.29, 1.82) is 0 Å². The lowest BCUT2D eigenvalue weighted by Gasteiger charge is -2.33. The van der Waals surface area contributed by atoms with Crippen LogP contribution in [0.3, 0.4) is 0 Å². The van der Waals surface area contributed by atoms with Gasteiger partial charge in [-0.1, -0.05) is 58.9 Å². The summed E-state index contributed by atoms with van der Waals surface area (Å²) in [6, 6.07) is 19.0. The van der Waals surface area contributed by atoms with Crippen molar-refractivity contribution < 1.29 is 22.7 Å². The second-order valence-corrected chi connectivity index (χ2v) is 13.8. The van der Waals surface area contributed by atoms with Gasteiger partial charge in [-0.25, -0.2) is 8.42 Å². The molecule has 0 aliphatic heterocycles. The van der Waals surface area contributed by atoms with E-state index in [0.717, 1.165) is 46.4 Å². The molecule has 3 aromatic carbocycles. The SMILES string of the molecule is CCOc1ccc(N(CC(=O)N(Cc2cccc(Br)c2)[C@@H](C)C(=O)NC2CCCCC2)S(=O)(=O)c2ccc(Cl)cc2)cc1. The summed E-state index contributed by atoms with van der Waals surface area (Å²) in [5.74, 6) is -0.202. The third-order valence-electron chi connectivity index (χ3n) is 7.48. The molecule has 2 amide bonds. The zero-order valence-corrected chi connectivity index (χ0v) is 27.5. The topological polar surface area (TPSA) is 96.0 Å². The Balaban J connectivity index is 1.68. The van der Waals surface area contributed by atoms with Gasteiger partial charge in [-0.05, 0) is 92.9 Å². The van der Waals surface area contributed by atoms with Gasteiger partial charge < -0.3 is 15.0 Å². The van der Waals surface area contributed by atoms with Crippen LogP contribution in [0.2, 0.25) is 5.02 Å². The Labute approximate surface area is 267 Å². The van der Waals surface area contributed by atoms with Gasteiger partial charge in [0, 0.05) is 22.1 Å². The largest absolute Gasteiger partial charge is 0.494 e. The number of nitrogens with one attached hydrogen (secondary N) is 1.